The van der Waals surface area contributed by atoms with Crippen LogP contribution in [0.3, 0.4) is 0 Å². The van der Waals surface area contributed by atoms with Crippen molar-refractivity contribution in [1.29, 1.82) is 0 Å². The van der Waals surface area contributed by atoms with Crippen molar-refractivity contribution in [3.63, 3.8) is 0 Å². The molecule has 0 unspecified atom stereocenters. The zero-order chi connectivity index (χ0) is 18.2. The number of hydrogen-bond donors (Lipinski definition) is 0. The van der Waals surface area contributed by atoms with E-state index in [1.807, 2.05) is 53.4 Å². The van der Waals surface area contributed by atoms with Crippen LogP contribution in [0, 0.1) is 0 Å². The summed E-state index contributed by atoms with van der Waals surface area (Å²) in [6, 6.07) is 14.8. The van der Waals surface area contributed by atoms with Gasteiger partial charge in [-0.05, 0) is 61.7 Å². The van der Waals surface area contributed by atoms with E-state index in [1.54, 1.807) is 7.11 Å². The van der Waals surface area contributed by atoms with Gasteiger partial charge in [-0.15, -0.1) is 0 Å². The Morgan fingerprint density at radius 3 is 2.23 bits per heavy atom. The van der Waals surface area contributed by atoms with Crippen molar-refractivity contribution >= 4 is 5.91 Å². The number of nitrogens with zero attached hydrogens (tertiary/aromatic N) is 1. The van der Waals surface area contributed by atoms with Crippen molar-refractivity contribution in [2.24, 2.45) is 0 Å². The monoisotopic (exact) mass is 355 g/mol. The van der Waals surface area contributed by atoms with Gasteiger partial charge in [0.15, 0.2) is 0 Å². The van der Waals surface area contributed by atoms with Gasteiger partial charge in [-0.2, -0.15) is 0 Å². The Kier molecular flexibility index (Phi) is 6.36. The zero-order valence-electron chi connectivity index (χ0n) is 15.1. The lowest BCUT2D eigenvalue weighted by Gasteiger charge is -2.26. The molecule has 26 heavy (non-hydrogen) atoms. The Labute approximate surface area is 154 Å². The molecular weight excluding hydrogens is 330 g/mol. The number of carbonyl (C=O) groups is 1. The highest BCUT2D eigenvalue weighted by Crippen LogP contribution is 2.19. The Bertz CT molecular complexity index is 708. The number of carbonyl (C=O) groups excluding carboxylic acids is 1. The van der Waals surface area contributed by atoms with Gasteiger partial charge >= 0.3 is 0 Å². The summed E-state index contributed by atoms with van der Waals surface area (Å²) in [6.07, 6.45) is 3.39. The van der Waals surface area contributed by atoms with E-state index in [9.17, 15) is 4.79 Å². The number of hydrogen-bond acceptors (Lipinski definition) is 4. The molecule has 0 radical (unpaired) electrons. The molecule has 1 heterocycles. The summed E-state index contributed by atoms with van der Waals surface area (Å²) < 4.78 is 16.5. The van der Waals surface area contributed by atoms with Crippen LogP contribution in [-0.2, 0) is 0 Å². The van der Waals surface area contributed by atoms with Crippen LogP contribution >= 0.6 is 0 Å². The van der Waals surface area contributed by atoms with Crippen LogP contribution in [0.2, 0.25) is 0 Å². The van der Waals surface area contributed by atoms with Crippen LogP contribution in [-0.4, -0.2) is 44.2 Å². The molecule has 0 N–H and O–H groups in total. The Morgan fingerprint density at radius 2 is 1.54 bits per heavy atom. The van der Waals surface area contributed by atoms with Crippen LogP contribution in [0.25, 0.3) is 0 Å². The van der Waals surface area contributed by atoms with E-state index in [0.29, 0.717) is 24.5 Å². The fraction of sp³-hybridized carbons (Fsp3) is 0.381. The second-order valence-electron chi connectivity index (χ2n) is 6.25. The number of amides is 1. The molecule has 138 valence electrons. The van der Waals surface area contributed by atoms with Crippen molar-refractivity contribution in [3.05, 3.63) is 54.1 Å². The van der Waals surface area contributed by atoms with E-state index < -0.39 is 0 Å². The Hall–Kier alpha value is -2.69. The lowest BCUT2D eigenvalue weighted by molar-refractivity contribution is 0.0724. The van der Waals surface area contributed by atoms with Gasteiger partial charge in [0.1, 0.15) is 30.5 Å². The van der Waals surface area contributed by atoms with Crippen molar-refractivity contribution in [1.82, 2.24) is 4.90 Å². The maximum absolute atomic E-state index is 12.6. The minimum Gasteiger partial charge on any atom is -0.497 e. The summed E-state index contributed by atoms with van der Waals surface area (Å²) >= 11 is 0. The molecule has 0 saturated carbocycles. The summed E-state index contributed by atoms with van der Waals surface area (Å²) in [7, 11) is 1.63. The molecule has 2 aromatic carbocycles. The maximum Gasteiger partial charge on any atom is 0.253 e. The average Bonchev–Trinajstić information content (AvgIpc) is 2.72. The smallest absolute Gasteiger partial charge is 0.253 e. The molecule has 0 spiro atoms. The van der Waals surface area contributed by atoms with Gasteiger partial charge in [-0.1, -0.05) is 6.07 Å². The molecule has 1 aliphatic heterocycles. The molecule has 0 aliphatic carbocycles. The van der Waals surface area contributed by atoms with E-state index in [4.69, 9.17) is 14.2 Å². The van der Waals surface area contributed by atoms with Gasteiger partial charge < -0.3 is 19.1 Å². The third-order valence-electron chi connectivity index (χ3n) is 4.40. The van der Waals surface area contributed by atoms with E-state index in [0.717, 1.165) is 37.4 Å². The molecule has 1 amide bonds. The molecule has 1 aliphatic rings. The summed E-state index contributed by atoms with van der Waals surface area (Å²) in [5.74, 6) is 2.34. The van der Waals surface area contributed by atoms with Crippen LogP contribution < -0.4 is 14.2 Å². The van der Waals surface area contributed by atoms with Gasteiger partial charge in [-0.25, -0.2) is 0 Å². The third kappa shape index (κ3) is 4.91. The van der Waals surface area contributed by atoms with E-state index >= 15 is 0 Å². The molecule has 0 bridgehead atoms. The van der Waals surface area contributed by atoms with Gasteiger partial charge in [0.25, 0.3) is 5.91 Å². The number of likely N-dealkylation sites (tertiary alicyclic amines) is 1. The molecule has 3 rings (SSSR count). The number of benzene rings is 2. The molecule has 0 atom stereocenters. The van der Waals surface area contributed by atoms with E-state index in [-0.39, 0.29) is 5.91 Å². The predicted molar refractivity (Wildman–Crippen MR) is 100 cm³/mol. The van der Waals surface area contributed by atoms with Crippen LogP contribution in [0.4, 0.5) is 0 Å². The number of rotatable bonds is 7. The highest BCUT2D eigenvalue weighted by Gasteiger charge is 2.18. The van der Waals surface area contributed by atoms with Crippen molar-refractivity contribution in [2.45, 2.75) is 19.3 Å². The summed E-state index contributed by atoms with van der Waals surface area (Å²) in [6.45, 7) is 2.53. The second-order valence-corrected chi connectivity index (χ2v) is 6.25. The fourth-order valence-corrected chi connectivity index (χ4v) is 2.99. The number of ether oxygens (including phenoxy) is 3. The lowest BCUT2D eigenvalue weighted by atomic mass is 10.1. The van der Waals surface area contributed by atoms with Crippen molar-refractivity contribution in [2.75, 3.05) is 33.4 Å². The van der Waals surface area contributed by atoms with E-state index in [1.165, 1.54) is 6.42 Å². The van der Waals surface area contributed by atoms with Crippen molar-refractivity contribution < 1.29 is 19.0 Å². The second kappa shape index (κ2) is 9.13. The number of methoxy groups -OCH3 is 1. The average molecular weight is 355 g/mol. The van der Waals surface area contributed by atoms with Gasteiger partial charge in [0, 0.05) is 18.7 Å². The molecular formula is C21H25NO4. The first-order chi connectivity index (χ1) is 12.8. The Morgan fingerprint density at radius 1 is 0.885 bits per heavy atom. The molecule has 5 heteroatoms. The molecule has 1 fully saturated rings. The first-order valence-electron chi connectivity index (χ1n) is 9.05. The normalized spacial score (nSPS) is 14.0. The summed E-state index contributed by atoms with van der Waals surface area (Å²) in [5.41, 5.74) is 0.681. The van der Waals surface area contributed by atoms with Crippen LogP contribution in [0.15, 0.2) is 48.5 Å². The van der Waals surface area contributed by atoms with Crippen LogP contribution in [0.1, 0.15) is 29.6 Å². The third-order valence-corrected chi connectivity index (χ3v) is 4.40. The molecule has 2 aromatic rings. The zero-order valence-corrected chi connectivity index (χ0v) is 15.1. The quantitative estimate of drug-likeness (QED) is 0.709. The molecule has 5 nitrogen and oxygen atoms in total. The predicted octanol–water partition coefficient (Wildman–Crippen LogP) is 3.78. The first-order valence-corrected chi connectivity index (χ1v) is 9.05. The minimum atomic E-state index is 0.0876. The maximum atomic E-state index is 12.6. The largest absolute Gasteiger partial charge is 0.497 e. The Balaban J connectivity index is 1.48. The highest BCUT2D eigenvalue weighted by atomic mass is 16.5. The summed E-state index contributed by atoms with van der Waals surface area (Å²) in [5, 5.41) is 0. The first kappa shape index (κ1) is 18.1. The lowest BCUT2D eigenvalue weighted by Crippen LogP contribution is -2.35. The minimum absolute atomic E-state index is 0.0876. The highest BCUT2D eigenvalue weighted by molar-refractivity contribution is 5.94. The fourth-order valence-electron chi connectivity index (χ4n) is 2.99. The van der Waals surface area contributed by atoms with Gasteiger partial charge in [0.2, 0.25) is 0 Å². The topological polar surface area (TPSA) is 48.0 Å². The van der Waals surface area contributed by atoms with E-state index in [2.05, 4.69) is 0 Å². The van der Waals surface area contributed by atoms with Crippen molar-refractivity contribution in [3.8, 4) is 17.2 Å². The van der Waals surface area contributed by atoms with Gasteiger partial charge in [-0.3, -0.25) is 4.79 Å². The number of piperidine rings is 1. The SMILES string of the molecule is COc1ccc(OCCOc2cccc(C(=O)N3CCCCC3)c2)cc1. The summed E-state index contributed by atoms with van der Waals surface area (Å²) in [4.78, 5) is 14.5. The molecule has 0 aromatic heterocycles. The standard InChI is InChI=1S/C21H25NO4/c1-24-18-8-10-19(11-9-18)25-14-15-26-20-7-5-6-17(16-20)21(23)22-12-3-2-4-13-22/h5-11,16H,2-4,12-15H2,1H3. The van der Waals surface area contributed by atoms with Gasteiger partial charge in [0.05, 0.1) is 7.11 Å². The van der Waals surface area contributed by atoms with Crippen LogP contribution in [0.5, 0.6) is 17.2 Å². The molecule has 1 saturated heterocycles.